The molecule has 3 nitrogen and oxygen atoms in total. The Bertz CT molecular complexity index is 186. The molecule has 1 saturated heterocycles. The SMILES string of the molecule is CC(=O)N(CC(C)C)C1CCNCC1. The van der Waals surface area contributed by atoms with E-state index in [0.29, 0.717) is 12.0 Å². The summed E-state index contributed by atoms with van der Waals surface area (Å²) in [7, 11) is 0. The van der Waals surface area contributed by atoms with Crippen molar-refractivity contribution in [3.05, 3.63) is 0 Å². The van der Waals surface area contributed by atoms with Gasteiger partial charge in [-0.05, 0) is 31.8 Å². The summed E-state index contributed by atoms with van der Waals surface area (Å²) >= 11 is 0. The van der Waals surface area contributed by atoms with Crippen LogP contribution in [0.15, 0.2) is 0 Å². The van der Waals surface area contributed by atoms with Crippen molar-refractivity contribution < 1.29 is 4.79 Å². The predicted octanol–water partition coefficient (Wildman–Crippen LogP) is 1.24. The first-order chi connectivity index (χ1) is 6.61. The average molecular weight is 198 g/mol. The molecule has 0 aromatic rings. The number of rotatable bonds is 3. The maximum atomic E-state index is 11.5. The van der Waals surface area contributed by atoms with Crippen molar-refractivity contribution in [2.24, 2.45) is 5.92 Å². The first-order valence-corrected chi connectivity index (χ1v) is 5.59. The van der Waals surface area contributed by atoms with E-state index in [1.807, 2.05) is 4.90 Å². The van der Waals surface area contributed by atoms with E-state index in [-0.39, 0.29) is 5.91 Å². The third-order valence-corrected chi connectivity index (χ3v) is 2.72. The molecule has 14 heavy (non-hydrogen) atoms. The Labute approximate surface area is 86.9 Å². The summed E-state index contributed by atoms with van der Waals surface area (Å²) in [5.41, 5.74) is 0. The third kappa shape index (κ3) is 3.29. The number of piperidine rings is 1. The fourth-order valence-corrected chi connectivity index (χ4v) is 2.05. The second-order valence-electron chi connectivity index (χ2n) is 4.55. The molecule has 1 N–H and O–H groups in total. The molecule has 0 spiro atoms. The van der Waals surface area contributed by atoms with Crippen LogP contribution in [-0.4, -0.2) is 36.5 Å². The summed E-state index contributed by atoms with van der Waals surface area (Å²) < 4.78 is 0. The summed E-state index contributed by atoms with van der Waals surface area (Å²) in [5.74, 6) is 0.791. The summed E-state index contributed by atoms with van der Waals surface area (Å²) in [4.78, 5) is 13.5. The van der Waals surface area contributed by atoms with Crippen LogP contribution in [0, 0.1) is 5.92 Å². The number of nitrogens with zero attached hydrogens (tertiary/aromatic N) is 1. The van der Waals surface area contributed by atoms with Crippen molar-refractivity contribution in [1.82, 2.24) is 10.2 Å². The summed E-state index contributed by atoms with van der Waals surface area (Å²) in [6, 6.07) is 0.469. The largest absolute Gasteiger partial charge is 0.340 e. The summed E-state index contributed by atoms with van der Waals surface area (Å²) in [5, 5.41) is 3.32. The standard InChI is InChI=1S/C11H22N2O/c1-9(2)8-13(10(3)14)11-4-6-12-7-5-11/h9,11-12H,4-8H2,1-3H3. The Balaban J connectivity index is 2.51. The van der Waals surface area contributed by atoms with Gasteiger partial charge in [-0.25, -0.2) is 0 Å². The Hall–Kier alpha value is -0.570. The van der Waals surface area contributed by atoms with E-state index >= 15 is 0 Å². The third-order valence-electron chi connectivity index (χ3n) is 2.72. The average Bonchev–Trinajstić information content (AvgIpc) is 2.15. The highest BCUT2D eigenvalue weighted by Gasteiger charge is 2.23. The van der Waals surface area contributed by atoms with Crippen LogP contribution >= 0.6 is 0 Å². The number of carbonyl (C=O) groups excluding carboxylic acids is 1. The van der Waals surface area contributed by atoms with Crippen LogP contribution in [0.1, 0.15) is 33.6 Å². The molecule has 1 heterocycles. The molecular formula is C11H22N2O. The van der Waals surface area contributed by atoms with Gasteiger partial charge < -0.3 is 10.2 Å². The lowest BCUT2D eigenvalue weighted by atomic mass is 10.0. The number of carbonyl (C=O) groups is 1. The van der Waals surface area contributed by atoms with Gasteiger partial charge >= 0.3 is 0 Å². The van der Waals surface area contributed by atoms with Gasteiger partial charge in [0.05, 0.1) is 0 Å². The molecule has 0 saturated carbocycles. The normalized spacial score (nSPS) is 18.6. The number of nitrogens with one attached hydrogen (secondary N) is 1. The van der Waals surface area contributed by atoms with Crippen LogP contribution in [0.3, 0.4) is 0 Å². The van der Waals surface area contributed by atoms with Gasteiger partial charge in [0, 0.05) is 19.5 Å². The Kier molecular flexibility index (Phi) is 4.39. The topological polar surface area (TPSA) is 32.3 Å². The van der Waals surface area contributed by atoms with Crippen molar-refractivity contribution >= 4 is 5.91 Å². The lowest BCUT2D eigenvalue weighted by Gasteiger charge is -2.35. The zero-order valence-electron chi connectivity index (χ0n) is 9.55. The van der Waals surface area contributed by atoms with E-state index in [1.54, 1.807) is 6.92 Å². The van der Waals surface area contributed by atoms with Gasteiger partial charge in [0.2, 0.25) is 5.91 Å². The van der Waals surface area contributed by atoms with E-state index in [2.05, 4.69) is 19.2 Å². The number of hydrogen-bond donors (Lipinski definition) is 1. The van der Waals surface area contributed by atoms with Crippen molar-refractivity contribution in [2.75, 3.05) is 19.6 Å². The molecule has 3 heteroatoms. The Morgan fingerprint density at radius 3 is 2.43 bits per heavy atom. The maximum Gasteiger partial charge on any atom is 0.219 e. The minimum Gasteiger partial charge on any atom is -0.340 e. The zero-order chi connectivity index (χ0) is 10.6. The molecule has 1 aliphatic heterocycles. The summed E-state index contributed by atoms with van der Waals surface area (Å²) in [6.07, 6.45) is 2.21. The minimum absolute atomic E-state index is 0.227. The molecular weight excluding hydrogens is 176 g/mol. The van der Waals surface area contributed by atoms with Gasteiger partial charge in [0.25, 0.3) is 0 Å². The van der Waals surface area contributed by atoms with Gasteiger partial charge in [-0.1, -0.05) is 13.8 Å². The smallest absolute Gasteiger partial charge is 0.219 e. The fraction of sp³-hybridized carbons (Fsp3) is 0.909. The highest BCUT2D eigenvalue weighted by atomic mass is 16.2. The minimum atomic E-state index is 0.227. The number of amides is 1. The molecule has 1 amide bonds. The maximum absolute atomic E-state index is 11.5. The van der Waals surface area contributed by atoms with Gasteiger partial charge in [0.1, 0.15) is 0 Å². The molecule has 0 atom stereocenters. The Morgan fingerprint density at radius 1 is 1.43 bits per heavy atom. The number of hydrogen-bond acceptors (Lipinski definition) is 2. The van der Waals surface area contributed by atoms with E-state index < -0.39 is 0 Å². The van der Waals surface area contributed by atoms with Crippen molar-refractivity contribution in [2.45, 2.75) is 39.7 Å². The first kappa shape index (κ1) is 11.5. The van der Waals surface area contributed by atoms with Crippen LogP contribution in [0.25, 0.3) is 0 Å². The lowest BCUT2D eigenvalue weighted by Crippen LogP contribution is -2.46. The molecule has 0 unspecified atom stereocenters. The van der Waals surface area contributed by atoms with Gasteiger partial charge in [-0.2, -0.15) is 0 Å². The molecule has 1 fully saturated rings. The van der Waals surface area contributed by atoms with Crippen LogP contribution in [0.5, 0.6) is 0 Å². The molecule has 0 bridgehead atoms. The van der Waals surface area contributed by atoms with Gasteiger partial charge in [-0.3, -0.25) is 4.79 Å². The van der Waals surface area contributed by atoms with Crippen LogP contribution < -0.4 is 5.32 Å². The van der Waals surface area contributed by atoms with Crippen molar-refractivity contribution in [3.63, 3.8) is 0 Å². The molecule has 1 aliphatic rings. The summed E-state index contributed by atoms with van der Waals surface area (Å²) in [6.45, 7) is 9.01. The molecule has 1 rings (SSSR count). The highest BCUT2D eigenvalue weighted by Crippen LogP contribution is 2.13. The second-order valence-corrected chi connectivity index (χ2v) is 4.55. The van der Waals surface area contributed by atoms with Crippen LogP contribution in [-0.2, 0) is 4.79 Å². The van der Waals surface area contributed by atoms with Gasteiger partial charge in [0.15, 0.2) is 0 Å². The van der Waals surface area contributed by atoms with Crippen LogP contribution in [0.2, 0.25) is 0 Å². The van der Waals surface area contributed by atoms with Crippen molar-refractivity contribution in [3.8, 4) is 0 Å². The van der Waals surface area contributed by atoms with Crippen molar-refractivity contribution in [1.29, 1.82) is 0 Å². The van der Waals surface area contributed by atoms with E-state index in [1.165, 1.54) is 0 Å². The quantitative estimate of drug-likeness (QED) is 0.740. The molecule has 0 aromatic heterocycles. The zero-order valence-corrected chi connectivity index (χ0v) is 9.55. The first-order valence-electron chi connectivity index (χ1n) is 5.59. The second kappa shape index (κ2) is 5.35. The predicted molar refractivity (Wildman–Crippen MR) is 58.1 cm³/mol. The van der Waals surface area contributed by atoms with Gasteiger partial charge in [-0.15, -0.1) is 0 Å². The molecule has 0 radical (unpaired) electrons. The molecule has 0 aliphatic carbocycles. The fourth-order valence-electron chi connectivity index (χ4n) is 2.05. The van der Waals surface area contributed by atoms with E-state index in [0.717, 1.165) is 32.5 Å². The van der Waals surface area contributed by atoms with E-state index in [9.17, 15) is 4.79 Å². The molecule has 82 valence electrons. The monoisotopic (exact) mass is 198 g/mol. The highest BCUT2D eigenvalue weighted by molar-refractivity contribution is 5.73. The van der Waals surface area contributed by atoms with Crippen LogP contribution in [0.4, 0.5) is 0 Å². The van der Waals surface area contributed by atoms with E-state index in [4.69, 9.17) is 0 Å². The lowest BCUT2D eigenvalue weighted by molar-refractivity contribution is -0.132. The Morgan fingerprint density at radius 2 is 2.00 bits per heavy atom. The molecule has 0 aromatic carbocycles.